The second kappa shape index (κ2) is 9.16. The van der Waals surface area contributed by atoms with E-state index in [0.717, 1.165) is 48.4 Å². The molecule has 8 rings (SSSR count). The predicted octanol–water partition coefficient (Wildman–Crippen LogP) is 9.40. The topological polar surface area (TPSA) is 17.1 Å². The first kappa shape index (κ1) is 24.1. The summed E-state index contributed by atoms with van der Waals surface area (Å²) >= 11 is 0. The van der Waals surface area contributed by atoms with Crippen molar-refractivity contribution in [3.8, 4) is 0 Å². The van der Waals surface area contributed by atoms with Crippen LogP contribution in [0, 0.1) is 6.92 Å². The summed E-state index contributed by atoms with van der Waals surface area (Å²) in [5.41, 5.74) is 1.15. The minimum absolute atomic E-state index is 0.847. The molecular weight excluding hydrogens is 515 g/mol. The first-order valence-corrected chi connectivity index (χ1v) is 15.8. The Hall–Kier alpha value is -4.71. The van der Waals surface area contributed by atoms with Crippen LogP contribution >= 0.6 is 7.14 Å². The van der Waals surface area contributed by atoms with E-state index in [-0.39, 0.29) is 0 Å². The highest BCUT2D eigenvalue weighted by molar-refractivity contribution is 7.86. The van der Waals surface area contributed by atoms with Gasteiger partial charge in [-0.15, -0.1) is 0 Å². The summed E-state index contributed by atoms with van der Waals surface area (Å²) in [6, 6.07) is 51.0. The van der Waals surface area contributed by atoms with E-state index in [1.165, 1.54) is 26.9 Å². The number of fused-ring (bicyclic) bond motifs is 1. The lowest BCUT2D eigenvalue weighted by molar-refractivity contribution is 0.593. The van der Waals surface area contributed by atoms with Gasteiger partial charge in [-0.25, -0.2) is 0 Å². The van der Waals surface area contributed by atoms with Crippen LogP contribution in [0.4, 0.5) is 0 Å². The molecule has 2 heteroatoms. The van der Waals surface area contributed by atoms with E-state index in [0.29, 0.717) is 0 Å². The highest BCUT2D eigenvalue weighted by atomic mass is 31.2. The van der Waals surface area contributed by atoms with E-state index >= 15 is 4.57 Å². The van der Waals surface area contributed by atoms with Gasteiger partial charge in [-0.2, -0.15) is 0 Å². The highest BCUT2D eigenvalue weighted by Crippen LogP contribution is 2.48. The molecule has 0 aromatic heterocycles. The average molecular weight is 543 g/mol. The molecule has 194 valence electrons. The van der Waals surface area contributed by atoms with Crippen molar-refractivity contribution < 1.29 is 4.57 Å². The molecule has 0 aliphatic carbocycles. The Labute approximate surface area is 239 Å². The van der Waals surface area contributed by atoms with Gasteiger partial charge in [-0.1, -0.05) is 133 Å². The molecule has 0 amide bonds. The van der Waals surface area contributed by atoms with Gasteiger partial charge in [0.25, 0.3) is 0 Å². The van der Waals surface area contributed by atoms with Crippen LogP contribution in [0.2, 0.25) is 0 Å². The molecule has 8 aromatic rings. The summed E-state index contributed by atoms with van der Waals surface area (Å²) in [6.07, 6.45) is 0. The van der Waals surface area contributed by atoms with Crippen molar-refractivity contribution in [2.75, 3.05) is 0 Å². The van der Waals surface area contributed by atoms with Crippen LogP contribution in [0.1, 0.15) is 5.56 Å². The minimum Gasteiger partial charge on any atom is -0.309 e. The lowest BCUT2D eigenvalue weighted by atomic mass is 9.94. The fraction of sp³-hybridized carbons (Fsp3) is 0.0256. The van der Waals surface area contributed by atoms with E-state index in [1.807, 2.05) is 30.3 Å². The molecule has 0 spiro atoms. The van der Waals surface area contributed by atoms with Crippen molar-refractivity contribution in [2.24, 2.45) is 0 Å². The van der Waals surface area contributed by atoms with Crippen molar-refractivity contribution in [3.63, 3.8) is 0 Å². The third kappa shape index (κ3) is 3.67. The normalized spacial score (nSPS) is 13.3. The van der Waals surface area contributed by atoms with Crippen molar-refractivity contribution in [1.82, 2.24) is 0 Å². The van der Waals surface area contributed by atoms with E-state index in [2.05, 4.69) is 122 Å². The molecule has 0 aliphatic heterocycles. The first-order chi connectivity index (χ1) is 20.1. The van der Waals surface area contributed by atoms with Crippen LogP contribution in [0.5, 0.6) is 0 Å². The van der Waals surface area contributed by atoms with Crippen LogP contribution in [-0.2, 0) is 4.57 Å². The maximum atomic E-state index is 16.2. The van der Waals surface area contributed by atoms with Crippen molar-refractivity contribution in [1.29, 1.82) is 0 Å². The molecule has 0 fully saturated rings. The van der Waals surface area contributed by atoms with Gasteiger partial charge < -0.3 is 4.57 Å². The van der Waals surface area contributed by atoms with E-state index < -0.39 is 7.14 Å². The summed E-state index contributed by atoms with van der Waals surface area (Å²) in [6.45, 7) is 2.11. The lowest BCUT2D eigenvalue weighted by Gasteiger charge is -2.24. The Morgan fingerprint density at radius 2 is 1.05 bits per heavy atom. The van der Waals surface area contributed by atoms with Gasteiger partial charge in [0.2, 0.25) is 0 Å². The molecule has 1 atom stereocenters. The smallest absolute Gasteiger partial charge is 0.172 e. The SMILES string of the molecule is Cc1cccc2ccc3ccc(P(=O)(c4ccccc4)c4ccc5ccc6cccc7ccc4c5c67)c(cc1)c3c2. The van der Waals surface area contributed by atoms with Gasteiger partial charge in [-0.05, 0) is 79.0 Å². The van der Waals surface area contributed by atoms with Gasteiger partial charge in [0.15, 0.2) is 7.14 Å². The summed E-state index contributed by atoms with van der Waals surface area (Å²) in [5, 5.41) is 14.1. The third-order valence-corrected chi connectivity index (χ3v) is 11.7. The largest absolute Gasteiger partial charge is 0.309 e. The van der Waals surface area contributed by atoms with Crippen molar-refractivity contribution >= 4 is 76.9 Å². The first-order valence-electron chi connectivity index (χ1n) is 14.0. The molecule has 41 heavy (non-hydrogen) atoms. The Morgan fingerprint density at radius 1 is 0.439 bits per heavy atom. The van der Waals surface area contributed by atoms with Gasteiger partial charge >= 0.3 is 0 Å². The summed E-state index contributed by atoms with van der Waals surface area (Å²) in [5.74, 6) is 0. The molecule has 0 heterocycles. The number of benzene rings is 7. The van der Waals surface area contributed by atoms with Crippen molar-refractivity contribution in [3.05, 3.63) is 151 Å². The Morgan fingerprint density at radius 3 is 1.85 bits per heavy atom. The summed E-state index contributed by atoms with van der Waals surface area (Å²) in [4.78, 5) is 0. The van der Waals surface area contributed by atoms with Crippen LogP contribution in [0.25, 0.3) is 53.9 Å². The van der Waals surface area contributed by atoms with Gasteiger partial charge in [0.05, 0.1) is 0 Å². The van der Waals surface area contributed by atoms with Gasteiger partial charge in [0.1, 0.15) is 0 Å². The molecule has 0 saturated carbocycles. The molecule has 0 radical (unpaired) electrons. The number of rotatable bonds is 3. The van der Waals surface area contributed by atoms with E-state index in [1.54, 1.807) is 0 Å². The molecule has 1 nitrogen and oxygen atoms in total. The maximum Gasteiger partial charge on any atom is 0.172 e. The quantitative estimate of drug-likeness (QED) is 0.161. The number of aryl methyl sites for hydroxylation is 1. The predicted molar refractivity (Wildman–Crippen MR) is 178 cm³/mol. The van der Waals surface area contributed by atoms with E-state index in [9.17, 15) is 0 Å². The zero-order valence-electron chi connectivity index (χ0n) is 22.7. The van der Waals surface area contributed by atoms with Crippen LogP contribution in [0.15, 0.2) is 146 Å². The number of hydrogen-bond acceptors (Lipinski definition) is 1. The lowest BCUT2D eigenvalue weighted by Crippen LogP contribution is -2.26. The summed E-state index contributed by atoms with van der Waals surface area (Å²) < 4.78 is 16.2. The van der Waals surface area contributed by atoms with Gasteiger partial charge in [-0.3, -0.25) is 0 Å². The third-order valence-electron chi connectivity index (χ3n) is 8.53. The highest BCUT2D eigenvalue weighted by Gasteiger charge is 2.33. The van der Waals surface area contributed by atoms with Crippen molar-refractivity contribution in [2.45, 2.75) is 6.92 Å². The minimum atomic E-state index is -3.33. The fourth-order valence-corrected chi connectivity index (χ4v) is 9.56. The Kier molecular flexibility index (Phi) is 5.39. The molecule has 8 aromatic carbocycles. The average Bonchev–Trinajstić information content (AvgIpc) is 3.02. The maximum absolute atomic E-state index is 16.2. The van der Waals surface area contributed by atoms with Gasteiger partial charge in [0, 0.05) is 15.9 Å². The van der Waals surface area contributed by atoms with Crippen LogP contribution in [0.3, 0.4) is 0 Å². The zero-order chi connectivity index (χ0) is 27.6. The Bertz CT molecular complexity index is 2340. The number of hydrogen-bond donors (Lipinski definition) is 0. The monoisotopic (exact) mass is 542 g/mol. The molecule has 0 saturated heterocycles. The molecule has 0 aliphatic rings. The fourth-order valence-electron chi connectivity index (χ4n) is 6.52. The molecule has 2 bridgehead atoms. The standard InChI is InChI=1S/C39H27OP/c1-26-7-5-8-27-14-15-28-19-23-36(33(21-13-26)35(28)25-27)41(40,32-11-3-2-4-12-32)37-24-20-31-17-16-29-9-6-10-30-18-22-34(37)39(31)38(29)30/h2-25H,1H3. The second-order valence-electron chi connectivity index (χ2n) is 11.0. The Balaban J connectivity index is 1.56. The van der Waals surface area contributed by atoms with Crippen LogP contribution < -0.4 is 15.9 Å². The molecular formula is C39H27OP. The summed E-state index contributed by atoms with van der Waals surface area (Å²) in [7, 11) is -3.33. The zero-order valence-corrected chi connectivity index (χ0v) is 23.6. The second-order valence-corrected chi connectivity index (χ2v) is 13.7. The molecule has 1 unspecified atom stereocenters. The molecule has 0 N–H and O–H groups in total. The van der Waals surface area contributed by atoms with Crippen LogP contribution in [-0.4, -0.2) is 0 Å². The van der Waals surface area contributed by atoms with E-state index in [4.69, 9.17) is 0 Å².